The summed E-state index contributed by atoms with van der Waals surface area (Å²) in [6, 6.07) is 32.9. The van der Waals surface area contributed by atoms with Gasteiger partial charge in [-0.25, -0.2) is 0 Å². The van der Waals surface area contributed by atoms with Crippen LogP contribution in [0.3, 0.4) is 0 Å². The molecule has 1 N–H and O–H groups in total. The third-order valence-electron chi connectivity index (χ3n) is 5.59. The molecule has 29 heavy (non-hydrogen) atoms. The van der Waals surface area contributed by atoms with Gasteiger partial charge in [-0.1, -0.05) is 91.0 Å². The van der Waals surface area contributed by atoms with Gasteiger partial charge >= 0.3 is 0 Å². The Labute approximate surface area is 169 Å². The van der Waals surface area contributed by atoms with Crippen LogP contribution in [0.2, 0.25) is 0 Å². The van der Waals surface area contributed by atoms with Gasteiger partial charge in [-0.15, -0.1) is 0 Å². The average Bonchev–Trinajstić information content (AvgIpc) is 2.79. The minimum atomic E-state index is -0.647. The number of benzene rings is 4. The zero-order chi connectivity index (χ0) is 19.8. The van der Waals surface area contributed by atoms with Crippen LogP contribution in [0.15, 0.2) is 91.0 Å². The highest BCUT2D eigenvalue weighted by Crippen LogP contribution is 2.45. The number of hydrogen-bond donors (Lipinski definition) is 1. The molecule has 0 fully saturated rings. The van der Waals surface area contributed by atoms with Crippen molar-refractivity contribution in [2.75, 3.05) is 0 Å². The van der Waals surface area contributed by atoms with Crippen molar-refractivity contribution in [3.8, 4) is 22.9 Å². The molecule has 4 aromatic rings. The van der Waals surface area contributed by atoms with E-state index in [4.69, 9.17) is 10.1 Å². The van der Waals surface area contributed by atoms with Crippen LogP contribution in [-0.2, 0) is 0 Å². The normalized spacial score (nSPS) is 18.0. The Kier molecular flexibility index (Phi) is 4.11. The third-order valence-corrected chi connectivity index (χ3v) is 5.59. The summed E-state index contributed by atoms with van der Waals surface area (Å²) in [6.07, 6.45) is 0. The number of nitrogens with one attached hydrogen (secondary N) is 1. The zero-order valence-corrected chi connectivity index (χ0v) is 15.7. The van der Waals surface area contributed by atoms with E-state index < -0.39 is 5.92 Å². The lowest BCUT2D eigenvalue weighted by atomic mass is 9.78. The maximum absolute atomic E-state index is 9.79. The van der Waals surface area contributed by atoms with Crippen molar-refractivity contribution < 1.29 is 4.74 Å². The van der Waals surface area contributed by atoms with Gasteiger partial charge < -0.3 is 4.74 Å². The third kappa shape index (κ3) is 2.86. The predicted molar refractivity (Wildman–Crippen MR) is 115 cm³/mol. The molecule has 138 valence electrons. The molecule has 0 aromatic heterocycles. The predicted octanol–water partition coefficient (Wildman–Crippen LogP) is 6.15. The van der Waals surface area contributed by atoms with E-state index in [1.165, 1.54) is 0 Å². The Morgan fingerprint density at radius 3 is 2.21 bits per heavy atom. The molecule has 0 saturated heterocycles. The van der Waals surface area contributed by atoms with Crippen LogP contribution >= 0.6 is 0 Å². The highest BCUT2D eigenvalue weighted by Gasteiger charge is 2.37. The fraction of sp³-hybridized carbons (Fsp3) is 0.0769. The summed E-state index contributed by atoms with van der Waals surface area (Å²) in [6.45, 7) is 0. The Morgan fingerprint density at radius 2 is 1.45 bits per heavy atom. The molecular formula is C26H18N2O. The molecule has 5 rings (SSSR count). The monoisotopic (exact) mass is 374 g/mol. The SMILES string of the molecule is N#CC1C(=N)Oc2c(ccc3ccccc23)C1c1ccc(-c2ccccc2)cc1. The largest absolute Gasteiger partial charge is 0.441 e. The lowest BCUT2D eigenvalue weighted by Crippen LogP contribution is -2.31. The van der Waals surface area contributed by atoms with E-state index in [9.17, 15) is 5.26 Å². The van der Waals surface area contributed by atoms with Crippen molar-refractivity contribution >= 4 is 16.7 Å². The zero-order valence-electron chi connectivity index (χ0n) is 15.7. The Morgan fingerprint density at radius 1 is 0.759 bits per heavy atom. The summed E-state index contributed by atoms with van der Waals surface area (Å²) in [5, 5.41) is 20.2. The minimum Gasteiger partial charge on any atom is -0.441 e. The molecule has 2 unspecified atom stereocenters. The molecule has 0 radical (unpaired) electrons. The van der Waals surface area contributed by atoms with Gasteiger partial charge in [0.15, 0.2) is 0 Å². The first-order valence-electron chi connectivity index (χ1n) is 9.59. The summed E-state index contributed by atoms with van der Waals surface area (Å²) in [5.41, 5.74) is 4.25. The molecule has 2 atom stereocenters. The van der Waals surface area contributed by atoms with Crippen LogP contribution in [-0.4, -0.2) is 5.90 Å². The standard InChI is InChI=1S/C26H18N2O/c27-16-23-24(20-12-10-18(11-13-20)17-6-2-1-3-7-17)22-15-14-19-8-4-5-9-21(19)25(22)29-26(23)28/h1-15,23-24,28H. The number of nitriles is 1. The van der Waals surface area contributed by atoms with Crippen molar-refractivity contribution in [1.29, 1.82) is 10.7 Å². The van der Waals surface area contributed by atoms with Crippen LogP contribution in [0, 0.1) is 22.7 Å². The Hall–Kier alpha value is -3.90. The van der Waals surface area contributed by atoms with Gasteiger partial charge in [-0.05, 0) is 22.1 Å². The van der Waals surface area contributed by atoms with Gasteiger partial charge in [0.1, 0.15) is 11.7 Å². The molecule has 0 aliphatic carbocycles. The molecule has 3 heteroatoms. The first-order chi connectivity index (χ1) is 14.3. The lowest BCUT2D eigenvalue weighted by molar-refractivity contribution is 0.455. The molecule has 1 aliphatic rings. The second-order valence-electron chi connectivity index (χ2n) is 7.24. The van der Waals surface area contributed by atoms with Crippen molar-refractivity contribution in [2.45, 2.75) is 5.92 Å². The number of fused-ring (bicyclic) bond motifs is 3. The second kappa shape index (κ2) is 6.92. The van der Waals surface area contributed by atoms with E-state index in [-0.39, 0.29) is 11.8 Å². The topological polar surface area (TPSA) is 56.9 Å². The molecule has 0 amide bonds. The van der Waals surface area contributed by atoms with Gasteiger partial charge in [-0.2, -0.15) is 5.26 Å². The summed E-state index contributed by atoms with van der Waals surface area (Å²) >= 11 is 0. The van der Waals surface area contributed by atoms with E-state index in [1.54, 1.807) is 0 Å². The molecule has 3 nitrogen and oxygen atoms in total. The molecule has 0 saturated carbocycles. The van der Waals surface area contributed by atoms with Gasteiger partial charge in [0, 0.05) is 16.9 Å². The second-order valence-corrected chi connectivity index (χ2v) is 7.24. The quantitative estimate of drug-likeness (QED) is 0.457. The number of nitrogens with zero attached hydrogens (tertiary/aromatic N) is 1. The Bertz CT molecular complexity index is 1250. The smallest absolute Gasteiger partial charge is 0.205 e. The lowest BCUT2D eigenvalue weighted by Gasteiger charge is -2.31. The van der Waals surface area contributed by atoms with Crippen LogP contribution in [0.1, 0.15) is 17.0 Å². The number of ether oxygens (including phenoxy) is 1. The summed E-state index contributed by atoms with van der Waals surface area (Å²) < 4.78 is 5.85. The van der Waals surface area contributed by atoms with E-state index in [2.05, 4.69) is 48.5 Å². The molecule has 0 bridgehead atoms. The summed E-state index contributed by atoms with van der Waals surface area (Å²) in [5.74, 6) is -0.179. The van der Waals surface area contributed by atoms with Crippen molar-refractivity contribution in [1.82, 2.24) is 0 Å². The van der Waals surface area contributed by atoms with Gasteiger partial charge in [-0.3, -0.25) is 5.41 Å². The summed E-state index contributed by atoms with van der Waals surface area (Å²) in [4.78, 5) is 0. The van der Waals surface area contributed by atoms with Crippen LogP contribution < -0.4 is 4.74 Å². The van der Waals surface area contributed by atoms with Gasteiger partial charge in [0.25, 0.3) is 0 Å². The molecule has 1 heterocycles. The van der Waals surface area contributed by atoms with E-state index in [0.29, 0.717) is 5.75 Å². The van der Waals surface area contributed by atoms with E-state index in [0.717, 1.165) is 33.0 Å². The van der Waals surface area contributed by atoms with E-state index in [1.807, 2.05) is 48.5 Å². The molecule has 1 aliphatic heterocycles. The highest BCUT2D eigenvalue weighted by molar-refractivity contribution is 5.95. The number of hydrogen-bond acceptors (Lipinski definition) is 3. The maximum Gasteiger partial charge on any atom is 0.205 e. The number of rotatable bonds is 2. The fourth-order valence-electron chi connectivity index (χ4n) is 4.14. The van der Waals surface area contributed by atoms with Crippen LogP contribution in [0.4, 0.5) is 0 Å². The fourth-order valence-corrected chi connectivity index (χ4v) is 4.14. The molecule has 4 aromatic carbocycles. The van der Waals surface area contributed by atoms with Crippen molar-refractivity contribution in [3.63, 3.8) is 0 Å². The van der Waals surface area contributed by atoms with Gasteiger partial charge in [0.2, 0.25) is 5.90 Å². The van der Waals surface area contributed by atoms with Crippen molar-refractivity contribution in [3.05, 3.63) is 102 Å². The maximum atomic E-state index is 9.79. The first-order valence-corrected chi connectivity index (χ1v) is 9.59. The molecule has 0 spiro atoms. The Balaban J connectivity index is 1.65. The molecular weight excluding hydrogens is 356 g/mol. The van der Waals surface area contributed by atoms with Crippen molar-refractivity contribution in [2.24, 2.45) is 5.92 Å². The average molecular weight is 374 g/mol. The van der Waals surface area contributed by atoms with Crippen LogP contribution in [0.25, 0.3) is 21.9 Å². The summed E-state index contributed by atoms with van der Waals surface area (Å²) in [7, 11) is 0. The van der Waals surface area contributed by atoms with Gasteiger partial charge in [0.05, 0.1) is 6.07 Å². The minimum absolute atomic E-state index is 0.00786. The van der Waals surface area contributed by atoms with Crippen LogP contribution in [0.5, 0.6) is 5.75 Å². The first kappa shape index (κ1) is 17.2. The van der Waals surface area contributed by atoms with E-state index >= 15 is 0 Å². The highest BCUT2D eigenvalue weighted by atomic mass is 16.5.